The van der Waals surface area contributed by atoms with Gasteiger partial charge in [0.1, 0.15) is 9.79 Å². The van der Waals surface area contributed by atoms with Crippen LogP contribution in [0.4, 0.5) is 0 Å². The van der Waals surface area contributed by atoms with E-state index in [1.54, 1.807) is 18.2 Å². The Kier molecular flexibility index (Phi) is 4.36. The molecule has 9 heteroatoms. The first-order valence-electron chi connectivity index (χ1n) is 6.83. The molecule has 0 bridgehead atoms. The van der Waals surface area contributed by atoms with Crippen LogP contribution in [0.3, 0.4) is 0 Å². The van der Waals surface area contributed by atoms with Gasteiger partial charge < -0.3 is 0 Å². The van der Waals surface area contributed by atoms with E-state index in [9.17, 15) is 25.9 Å². The predicted octanol–water partition coefficient (Wildman–Crippen LogP) is 2.43. The second-order valence-electron chi connectivity index (χ2n) is 5.50. The molecule has 0 aliphatic heterocycles. The van der Waals surface area contributed by atoms with Crippen molar-refractivity contribution in [1.29, 1.82) is 0 Å². The molecule has 25 heavy (non-hydrogen) atoms. The van der Waals surface area contributed by atoms with E-state index in [4.69, 9.17) is 0 Å². The maximum atomic E-state index is 11.8. The topological polar surface area (TPSA) is 109 Å². The SMILES string of the molecule is O=S(=O)(O)c1ccc2c(S(=O)(=O)O)cc3cccc4ccc1c2c43.[NaH]. The fraction of sp³-hybridized carbons (Fsp3) is 0. The average Bonchev–Trinajstić information content (AvgIpc) is 2.50. The number of hydrogen-bond donors (Lipinski definition) is 2. The Hall–Kier alpha value is -1.26. The molecule has 0 heterocycles. The molecule has 6 nitrogen and oxygen atoms in total. The van der Waals surface area contributed by atoms with Crippen molar-refractivity contribution in [2.24, 2.45) is 0 Å². The molecular formula is C16H11NaO6S2. The van der Waals surface area contributed by atoms with Crippen LogP contribution in [0.15, 0.2) is 58.3 Å². The third-order valence-electron chi connectivity index (χ3n) is 4.12. The molecule has 2 N–H and O–H groups in total. The van der Waals surface area contributed by atoms with E-state index < -0.39 is 20.2 Å². The summed E-state index contributed by atoms with van der Waals surface area (Å²) < 4.78 is 65.8. The molecule has 0 unspecified atom stereocenters. The van der Waals surface area contributed by atoms with Crippen molar-refractivity contribution >= 4 is 82.1 Å². The fourth-order valence-electron chi connectivity index (χ4n) is 3.21. The quantitative estimate of drug-likeness (QED) is 0.311. The van der Waals surface area contributed by atoms with Gasteiger partial charge in [-0.2, -0.15) is 16.8 Å². The third kappa shape index (κ3) is 2.83. The van der Waals surface area contributed by atoms with Crippen molar-refractivity contribution in [3.05, 3.63) is 48.5 Å². The van der Waals surface area contributed by atoms with Crippen LogP contribution in [0.1, 0.15) is 0 Å². The molecule has 0 spiro atoms. The van der Waals surface area contributed by atoms with Crippen LogP contribution in [0.5, 0.6) is 0 Å². The first-order chi connectivity index (χ1) is 11.2. The standard InChI is InChI=1S/C16H10O6S2.Na.H/c17-23(18,19)13-7-6-12-14(24(20,21)22)8-10-3-1-2-9-4-5-11(13)16(12)15(9)10;;/h1-8H,(H,17,18,19)(H,20,21,22);;. The molecular weight excluding hydrogens is 375 g/mol. The average molecular weight is 386 g/mol. The molecule has 4 rings (SSSR count). The fourth-order valence-corrected chi connectivity index (χ4v) is 4.62. The van der Waals surface area contributed by atoms with Gasteiger partial charge in [-0.15, -0.1) is 0 Å². The zero-order chi connectivity index (χ0) is 17.3. The number of rotatable bonds is 2. The molecule has 0 amide bonds. The van der Waals surface area contributed by atoms with E-state index in [1.807, 2.05) is 6.07 Å². The van der Waals surface area contributed by atoms with Gasteiger partial charge in [-0.25, -0.2) is 0 Å². The molecule has 4 aromatic carbocycles. The first kappa shape index (κ1) is 18.5. The van der Waals surface area contributed by atoms with E-state index in [1.165, 1.54) is 18.2 Å². The second kappa shape index (κ2) is 5.88. The van der Waals surface area contributed by atoms with Gasteiger partial charge in [-0.05, 0) is 28.3 Å². The molecule has 4 aromatic rings. The Morgan fingerprint density at radius 3 is 1.84 bits per heavy atom. The summed E-state index contributed by atoms with van der Waals surface area (Å²) in [6.07, 6.45) is 0. The molecule has 0 fully saturated rings. The van der Waals surface area contributed by atoms with Crippen molar-refractivity contribution < 1.29 is 25.9 Å². The summed E-state index contributed by atoms with van der Waals surface area (Å²) in [5.74, 6) is 0. The van der Waals surface area contributed by atoms with Crippen molar-refractivity contribution in [2.75, 3.05) is 0 Å². The van der Waals surface area contributed by atoms with Crippen molar-refractivity contribution in [2.45, 2.75) is 9.79 Å². The van der Waals surface area contributed by atoms with Gasteiger partial charge in [0.15, 0.2) is 0 Å². The van der Waals surface area contributed by atoms with E-state index >= 15 is 0 Å². The normalized spacial score (nSPS) is 12.7. The summed E-state index contributed by atoms with van der Waals surface area (Å²) in [4.78, 5) is -0.616. The van der Waals surface area contributed by atoms with Gasteiger partial charge in [0.05, 0.1) is 0 Å². The van der Waals surface area contributed by atoms with Crippen LogP contribution >= 0.6 is 0 Å². The predicted molar refractivity (Wildman–Crippen MR) is 96.9 cm³/mol. The number of hydrogen-bond acceptors (Lipinski definition) is 4. The molecule has 0 saturated carbocycles. The summed E-state index contributed by atoms with van der Waals surface area (Å²) >= 11 is 0. The van der Waals surface area contributed by atoms with Crippen LogP contribution < -0.4 is 0 Å². The van der Waals surface area contributed by atoms with Crippen molar-refractivity contribution in [3.63, 3.8) is 0 Å². The van der Waals surface area contributed by atoms with Crippen LogP contribution in [0.2, 0.25) is 0 Å². The minimum absolute atomic E-state index is 0. The Morgan fingerprint density at radius 1 is 0.640 bits per heavy atom. The second-order valence-corrected chi connectivity index (χ2v) is 8.28. The third-order valence-corrected chi connectivity index (χ3v) is 5.93. The Labute approximate surface area is 165 Å². The summed E-state index contributed by atoms with van der Waals surface area (Å²) in [7, 11) is -9.00. The summed E-state index contributed by atoms with van der Waals surface area (Å²) in [5, 5.41) is 2.77. The van der Waals surface area contributed by atoms with E-state index in [0.717, 1.165) is 11.5 Å². The molecule has 0 aliphatic carbocycles. The zero-order valence-electron chi connectivity index (χ0n) is 12.0. The molecule has 0 aromatic heterocycles. The van der Waals surface area contributed by atoms with Crippen LogP contribution in [0, 0.1) is 0 Å². The van der Waals surface area contributed by atoms with Gasteiger partial charge >= 0.3 is 29.6 Å². The molecule has 0 saturated heterocycles. The summed E-state index contributed by atoms with van der Waals surface area (Å²) in [6.45, 7) is 0. The van der Waals surface area contributed by atoms with E-state index in [-0.39, 0.29) is 50.1 Å². The van der Waals surface area contributed by atoms with Gasteiger partial charge in [-0.1, -0.05) is 36.4 Å². The summed E-state index contributed by atoms with van der Waals surface area (Å²) in [6, 6.07) is 12.2. The monoisotopic (exact) mass is 386 g/mol. The van der Waals surface area contributed by atoms with Crippen LogP contribution in [0.25, 0.3) is 32.3 Å². The van der Waals surface area contributed by atoms with E-state index in [0.29, 0.717) is 16.2 Å². The van der Waals surface area contributed by atoms with E-state index in [2.05, 4.69) is 0 Å². The Balaban J connectivity index is 0.00000182. The van der Waals surface area contributed by atoms with Crippen molar-refractivity contribution in [3.8, 4) is 0 Å². The van der Waals surface area contributed by atoms with Crippen LogP contribution in [-0.2, 0) is 20.2 Å². The first-order valence-corrected chi connectivity index (χ1v) is 9.71. The van der Waals surface area contributed by atoms with Crippen LogP contribution in [-0.4, -0.2) is 55.5 Å². The summed E-state index contributed by atoms with van der Waals surface area (Å²) in [5.41, 5.74) is 0. The maximum absolute atomic E-state index is 11.8. The van der Waals surface area contributed by atoms with Gasteiger partial charge in [0, 0.05) is 16.2 Å². The van der Waals surface area contributed by atoms with Gasteiger partial charge in [0.2, 0.25) is 0 Å². The van der Waals surface area contributed by atoms with Crippen molar-refractivity contribution in [1.82, 2.24) is 0 Å². The number of benzene rings is 4. The Bertz CT molecular complexity index is 1340. The Morgan fingerprint density at radius 2 is 1.20 bits per heavy atom. The van der Waals surface area contributed by atoms with Gasteiger partial charge in [-0.3, -0.25) is 9.11 Å². The molecule has 0 atom stereocenters. The zero-order valence-corrected chi connectivity index (χ0v) is 13.6. The van der Waals surface area contributed by atoms with Gasteiger partial charge in [0.25, 0.3) is 20.2 Å². The molecule has 0 aliphatic rings. The minimum atomic E-state index is -4.51. The molecule has 0 radical (unpaired) electrons. The molecule has 124 valence electrons.